The van der Waals surface area contributed by atoms with Gasteiger partial charge in [-0.05, 0) is 52.6 Å². The van der Waals surface area contributed by atoms with Crippen molar-refractivity contribution in [3.05, 3.63) is 50.9 Å². The highest BCUT2D eigenvalue weighted by atomic mass is 127. The molecule has 0 bridgehead atoms. The number of halogens is 1. The van der Waals surface area contributed by atoms with Gasteiger partial charge in [-0.3, -0.25) is 0 Å². The fraction of sp³-hybridized carbons (Fsp3) is 0.435. The Bertz CT molecular complexity index is 1160. The zero-order chi connectivity index (χ0) is 22.2. The normalized spacial score (nSPS) is 18.2. The molecule has 0 saturated carbocycles. The van der Waals surface area contributed by atoms with Crippen molar-refractivity contribution in [3.8, 4) is 11.8 Å². The maximum Gasteiger partial charge on any atom is 0.149 e. The van der Waals surface area contributed by atoms with Crippen molar-refractivity contribution in [1.29, 1.82) is 5.26 Å². The quantitative estimate of drug-likeness (QED) is 0.234. The van der Waals surface area contributed by atoms with E-state index in [4.69, 9.17) is 14.5 Å². The Balaban J connectivity index is 1.74. The highest BCUT2D eigenvalue weighted by Crippen LogP contribution is 2.46. The average molecular weight is 546 g/mol. The number of nitriles is 1. The molecule has 0 saturated heterocycles. The molecule has 0 radical (unpaired) electrons. The van der Waals surface area contributed by atoms with E-state index in [1.807, 2.05) is 28.9 Å². The lowest BCUT2D eigenvalue weighted by atomic mass is 9.79. The van der Waals surface area contributed by atoms with Crippen LogP contribution in [0.2, 0.25) is 25.7 Å². The molecule has 1 unspecified atom stereocenters. The average Bonchev–Trinajstić information content (AvgIpc) is 3.28. The number of fused-ring (bicyclic) bond motifs is 2. The van der Waals surface area contributed by atoms with Gasteiger partial charge < -0.3 is 9.47 Å². The Labute approximate surface area is 197 Å². The van der Waals surface area contributed by atoms with E-state index in [2.05, 4.69) is 59.5 Å². The lowest BCUT2D eigenvalue weighted by molar-refractivity contribution is 0.0814. The summed E-state index contributed by atoms with van der Waals surface area (Å²) in [7, 11) is 0.491. The van der Waals surface area contributed by atoms with Crippen molar-refractivity contribution in [3.63, 3.8) is 0 Å². The first-order chi connectivity index (χ1) is 14.8. The van der Waals surface area contributed by atoms with Gasteiger partial charge in [0.2, 0.25) is 0 Å². The van der Waals surface area contributed by atoms with Crippen LogP contribution in [0.15, 0.2) is 30.3 Å². The molecule has 0 N–H and O–H groups in total. The minimum absolute atomic E-state index is 0.375. The number of aromatic nitrogens is 3. The minimum Gasteiger partial charge on any atom is -0.495 e. The topological polar surface area (TPSA) is 73.0 Å². The fourth-order valence-electron chi connectivity index (χ4n) is 4.16. The molecular weight excluding hydrogens is 519 g/mol. The zero-order valence-electron chi connectivity index (χ0n) is 18.4. The number of rotatable bonds is 7. The summed E-state index contributed by atoms with van der Waals surface area (Å²) in [6.07, 6.45) is 1.55. The first-order valence-corrected chi connectivity index (χ1v) is 15.3. The van der Waals surface area contributed by atoms with Crippen LogP contribution < -0.4 is 4.74 Å². The second-order valence-electron chi connectivity index (χ2n) is 9.22. The summed E-state index contributed by atoms with van der Waals surface area (Å²) in [5, 5.41) is 15.0. The summed E-state index contributed by atoms with van der Waals surface area (Å²) in [6.45, 7) is 8.12. The molecule has 0 spiro atoms. The summed E-state index contributed by atoms with van der Waals surface area (Å²) >= 11 is 2.21. The monoisotopic (exact) mass is 546 g/mol. The maximum atomic E-state index is 10.3. The molecule has 0 fully saturated rings. The number of benzene rings is 1. The molecule has 4 rings (SSSR count). The van der Waals surface area contributed by atoms with Gasteiger partial charge in [0.15, 0.2) is 0 Å². The van der Waals surface area contributed by atoms with Crippen molar-refractivity contribution < 1.29 is 9.47 Å². The Morgan fingerprint density at radius 2 is 2.06 bits per heavy atom. The molecule has 8 heteroatoms. The third kappa shape index (κ3) is 4.11. The first kappa shape index (κ1) is 22.2. The molecule has 1 aromatic carbocycles. The molecule has 31 heavy (non-hydrogen) atoms. The predicted molar refractivity (Wildman–Crippen MR) is 132 cm³/mol. The van der Waals surface area contributed by atoms with E-state index in [0.717, 1.165) is 39.4 Å². The SMILES string of the molecule is COc1cc2c(nc1C1(C#N)CCc3ccccc31)c(I)nn2COCC[Si](C)(C)C. The van der Waals surface area contributed by atoms with E-state index in [1.54, 1.807) is 7.11 Å². The van der Waals surface area contributed by atoms with E-state index in [9.17, 15) is 5.26 Å². The van der Waals surface area contributed by atoms with Gasteiger partial charge in [0.25, 0.3) is 0 Å². The second kappa shape index (κ2) is 8.52. The number of methoxy groups -OCH3 is 1. The van der Waals surface area contributed by atoms with Crippen molar-refractivity contribution in [2.24, 2.45) is 0 Å². The molecule has 2 heterocycles. The van der Waals surface area contributed by atoms with E-state index < -0.39 is 13.5 Å². The number of ether oxygens (including phenoxy) is 2. The van der Waals surface area contributed by atoms with Gasteiger partial charge in [-0.25, -0.2) is 9.67 Å². The van der Waals surface area contributed by atoms with Gasteiger partial charge in [0.05, 0.1) is 18.7 Å². The Hall–Kier alpha value is -1.96. The third-order valence-corrected chi connectivity index (χ3v) is 8.35. The number of hydrogen-bond donors (Lipinski definition) is 0. The number of aryl methyl sites for hydroxylation is 1. The number of hydrogen-bond acceptors (Lipinski definition) is 5. The Morgan fingerprint density at radius 1 is 1.29 bits per heavy atom. The van der Waals surface area contributed by atoms with Crippen LogP contribution in [-0.2, 0) is 23.3 Å². The molecule has 0 aliphatic heterocycles. The zero-order valence-corrected chi connectivity index (χ0v) is 21.6. The first-order valence-electron chi connectivity index (χ1n) is 10.5. The molecule has 3 aromatic rings. The minimum atomic E-state index is -1.14. The summed E-state index contributed by atoms with van der Waals surface area (Å²) in [5.41, 5.74) is 3.73. The Morgan fingerprint density at radius 3 is 2.77 bits per heavy atom. The van der Waals surface area contributed by atoms with Gasteiger partial charge in [-0.2, -0.15) is 10.4 Å². The fourth-order valence-corrected chi connectivity index (χ4v) is 5.57. The summed E-state index contributed by atoms with van der Waals surface area (Å²) in [4.78, 5) is 4.97. The molecule has 1 aliphatic carbocycles. The van der Waals surface area contributed by atoms with Crippen LogP contribution in [-0.4, -0.2) is 36.6 Å². The molecule has 2 aromatic heterocycles. The van der Waals surface area contributed by atoms with Gasteiger partial charge in [0.1, 0.15) is 32.8 Å². The van der Waals surface area contributed by atoms with Crippen LogP contribution in [0.5, 0.6) is 5.75 Å². The smallest absolute Gasteiger partial charge is 0.149 e. The summed E-state index contributed by atoms with van der Waals surface area (Å²) in [5.74, 6) is 0.616. The molecule has 1 atom stereocenters. The standard InChI is InChI=1S/C23H27IN4O2Si/c1-29-19-13-18-20(22(24)27-28(18)15-30-11-12-31(2,3)4)26-21(19)23(14-25)10-9-16-7-5-6-8-17(16)23/h5-8,13H,9-12,15H2,1-4H3. The van der Waals surface area contributed by atoms with E-state index in [-0.39, 0.29) is 0 Å². The lowest BCUT2D eigenvalue weighted by Crippen LogP contribution is -2.25. The van der Waals surface area contributed by atoms with Crippen LogP contribution in [0.3, 0.4) is 0 Å². The molecule has 6 nitrogen and oxygen atoms in total. The molecular formula is C23H27IN4O2Si. The Kier molecular flexibility index (Phi) is 6.11. The highest BCUT2D eigenvalue weighted by molar-refractivity contribution is 14.1. The third-order valence-electron chi connectivity index (χ3n) is 5.92. The van der Waals surface area contributed by atoms with Crippen molar-refractivity contribution in [1.82, 2.24) is 14.8 Å². The molecule has 1 aliphatic rings. The molecule has 0 amide bonds. The van der Waals surface area contributed by atoms with Crippen LogP contribution >= 0.6 is 22.6 Å². The van der Waals surface area contributed by atoms with E-state index >= 15 is 0 Å². The van der Waals surface area contributed by atoms with Crippen LogP contribution in [0.1, 0.15) is 23.2 Å². The summed E-state index contributed by atoms with van der Waals surface area (Å²) < 4.78 is 14.3. The predicted octanol–water partition coefficient (Wildman–Crippen LogP) is 5.11. The molecule has 162 valence electrons. The van der Waals surface area contributed by atoms with Crippen molar-refractivity contribution in [2.45, 2.75) is 50.7 Å². The second-order valence-corrected chi connectivity index (χ2v) is 15.9. The van der Waals surface area contributed by atoms with E-state index in [1.165, 1.54) is 5.56 Å². The van der Waals surface area contributed by atoms with Gasteiger partial charge in [-0.1, -0.05) is 43.9 Å². The van der Waals surface area contributed by atoms with Gasteiger partial charge >= 0.3 is 0 Å². The largest absolute Gasteiger partial charge is 0.495 e. The van der Waals surface area contributed by atoms with Gasteiger partial charge in [-0.15, -0.1) is 0 Å². The summed E-state index contributed by atoms with van der Waals surface area (Å²) in [6, 6.07) is 13.8. The van der Waals surface area contributed by atoms with Crippen LogP contribution in [0, 0.1) is 15.0 Å². The van der Waals surface area contributed by atoms with Crippen LogP contribution in [0.4, 0.5) is 0 Å². The maximum absolute atomic E-state index is 10.3. The highest BCUT2D eigenvalue weighted by Gasteiger charge is 2.44. The van der Waals surface area contributed by atoms with E-state index in [0.29, 0.717) is 24.6 Å². The number of pyridine rings is 1. The van der Waals surface area contributed by atoms with Crippen molar-refractivity contribution in [2.75, 3.05) is 13.7 Å². The van der Waals surface area contributed by atoms with Gasteiger partial charge in [0, 0.05) is 20.7 Å². The number of nitrogens with zero attached hydrogens (tertiary/aromatic N) is 4. The lowest BCUT2D eigenvalue weighted by Gasteiger charge is -2.24. The van der Waals surface area contributed by atoms with Crippen LogP contribution in [0.25, 0.3) is 11.0 Å². The van der Waals surface area contributed by atoms with Crippen molar-refractivity contribution >= 4 is 41.7 Å².